The highest BCUT2D eigenvalue weighted by Crippen LogP contribution is 2.71. The molecule has 4 saturated heterocycles. The van der Waals surface area contributed by atoms with Crippen molar-refractivity contribution in [2.45, 2.75) is 112 Å². The van der Waals surface area contributed by atoms with E-state index in [1.807, 2.05) is 33.7 Å². The average Bonchev–Trinajstić information content (AvgIpc) is 3.96. The number of esters is 3. The van der Waals surface area contributed by atoms with Gasteiger partial charge in [-0.2, -0.15) is 0 Å². The number of allylic oxidation sites excluding steroid dienone is 2. The molecule has 0 aromatic heterocycles. The van der Waals surface area contributed by atoms with E-state index in [4.69, 9.17) is 18.9 Å². The zero-order valence-corrected chi connectivity index (χ0v) is 33.5. The maximum absolute atomic E-state index is 14.0. The summed E-state index contributed by atoms with van der Waals surface area (Å²) in [6.07, 6.45) is 10.4. The highest BCUT2D eigenvalue weighted by Gasteiger charge is 2.71. The number of carbonyl (C=O) groups is 5. The summed E-state index contributed by atoms with van der Waals surface area (Å²) in [6.45, 7) is 8.89. The lowest BCUT2D eigenvalue weighted by atomic mass is 9.64. The second-order valence-corrected chi connectivity index (χ2v) is 20.2. The second kappa shape index (κ2) is 15.5. The van der Waals surface area contributed by atoms with Gasteiger partial charge in [0, 0.05) is 24.0 Å². The van der Waals surface area contributed by atoms with Gasteiger partial charge in [-0.3, -0.25) is 19.3 Å². The van der Waals surface area contributed by atoms with Gasteiger partial charge in [-0.05, 0) is 101 Å². The van der Waals surface area contributed by atoms with Gasteiger partial charge in [-0.15, -0.1) is 23.5 Å². The maximum Gasteiger partial charge on any atom is 0.344 e. The molecule has 0 saturated carbocycles. The van der Waals surface area contributed by atoms with Crippen molar-refractivity contribution in [3.05, 3.63) is 44.3 Å². The first-order valence-corrected chi connectivity index (χ1v) is 22.7. The van der Waals surface area contributed by atoms with Crippen molar-refractivity contribution >= 4 is 74.8 Å². The summed E-state index contributed by atoms with van der Waals surface area (Å²) in [5, 5.41) is 0.732. The van der Waals surface area contributed by atoms with Crippen LogP contribution in [0.3, 0.4) is 0 Å². The SMILES string of the molecule is CCOC(=O)C1=CC2=C3C(=C4C=C(C(=O)OCC)SC4(C)C2(C)S1)C1OC3C2C(=O)N(CCCCCCOC(=O)CCCCC3CCSS3)C(=O)C12. The van der Waals surface area contributed by atoms with Crippen LogP contribution in [0.25, 0.3) is 0 Å². The second-order valence-electron chi connectivity index (χ2n) is 14.4. The fraction of sp³-hybridized carbons (Fsp3) is 0.658. The van der Waals surface area contributed by atoms with E-state index in [0.29, 0.717) is 35.8 Å². The number of rotatable bonds is 16. The molecular weight excluding hydrogens is 743 g/mol. The zero-order chi connectivity index (χ0) is 36.8. The Bertz CT molecular complexity index is 1570. The summed E-state index contributed by atoms with van der Waals surface area (Å²) >= 11 is 2.84. The summed E-state index contributed by atoms with van der Waals surface area (Å²) in [7, 11) is 3.92. The van der Waals surface area contributed by atoms with Gasteiger partial charge in [-0.1, -0.05) is 34.4 Å². The smallest absolute Gasteiger partial charge is 0.344 e. The number of likely N-dealkylation sites (tertiary alicyclic amines) is 1. The van der Waals surface area contributed by atoms with E-state index in [0.717, 1.165) is 59.6 Å². The van der Waals surface area contributed by atoms with Crippen LogP contribution in [0, 0.1) is 11.8 Å². The summed E-state index contributed by atoms with van der Waals surface area (Å²) in [4.78, 5) is 68.6. The number of ether oxygens (including phenoxy) is 4. The van der Waals surface area contributed by atoms with Gasteiger partial charge in [0.05, 0.1) is 63.2 Å². The average molecular weight is 790 g/mol. The van der Waals surface area contributed by atoms with E-state index in [2.05, 4.69) is 13.8 Å². The van der Waals surface area contributed by atoms with Crippen LogP contribution in [0.5, 0.6) is 0 Å². The summed E-state index contributed by atoms with van der Waals surface area (Å²) in [5.74, 6) is -1.42. The third-order valence-electron chi connectivity index (χ3n) is 11.4. The fourth-order valence-electron chi connectivity index (χ4n) is 8.68. The Balaban J connectivity index is 1.00. The van der Waals surface area contributed by atoms with Gasteiger partial charge < -0.3 is 18.9 Å². The molecule has 0 N–H and O–H groups in total. The topological polar surface area (TPSA) is 126 Å². The van der Waals surface area contributed by atoms with E-state index in [9.17, 15) is 24.0 Å². The van der Waals surface area contributed by atoms with E-state index in [-0.39, 0.29) is 31.0 Å². The first-order chi connectivity index (χ1) is 25.0. The van der Waals surface area contributed by atoms with Crippen LogP contribution in [0.4, 0.5) is 0 Å². The summed E-state index contributed by atoms with van der Waals surface area (Å²) < 4.78 is 21.4. The van der Waals surface area contributed by atoms with E-state index in [1.54, 1.807) is 13.8 Å². The van der Waals surface area contributed by atoms with Gasteiger partial charge >= 0.3 is 17.9 Å². The summed E-state index contributed by atoms with van der Waals surface area (Å²) in [5.41, 5.74) is 3.50. The number of carbonyl (C=O) groups excluding carboxylic acids is 5. The van der Waals surface area contributed by atoms with Crippen molar-refractivity contribution in [3.63, 3.8) is 0 Å². The Labute approximate surface area is 321 Å². The van der Waals surface area contributed by atoms with Crippen LogP contribution in [0.1, 0.15) is 85.5 Å². The predicted molar refractivity (Wildman–Crippen MR) is 204 cm³/mol. The highest BCUT2D eigenvalue weighted by molar-refractivity contribution is 8.77. The van der Waals surface area contributed by atoms with Crippen LogP contribution in [0.15, 0.2) is 44.3 Å². The van der Waals surface area contributed by atoms with Crippen LogP contribution in [-0.2, 0) is 42.9 Å². The predicted octanol–water partition coefficient (Wildman–Crippen LogP) is 6.70. The normalized spacial score (nSPS) is 32.5. The van der Waals surface area contributed by atoms with Gasteiger partial charge in [0.15, 0.2) is 0 Å². The van der Waals surface area contributed by atoms with Gasteiger partial charge in [0.2, 0.25) is 11.8 Å². The van der Waals surface area contributed by atoms with Crippen molar-refractivity contribution in [2.75, 3.05) is 32.1 Å². The fourth-order valence-corrected chi connectivity index (χ4v) is 14.6. The molecule has 6 aliphatic heterocycles. The molecule has 1 aliphatic carbocycles. The lowest BCUT2D eigenvalue weighted by molar-refractivity contribution is -0.144. The van der Waals surface area contributed by atoms with E-state index < -0.39 is 45.5 Å². The Morgan fingerprint density at radius 2 is 1.38 bits per heavy atom. The maximum atomic E-state index is 14.0. The van der Waals surface area contributed by atoms with Gasteiger partial charge in [0.1, 0.15) is 0 Å². The lowest BCUT2D eigenvalue weighted by Crippen LogP contribution is -2.50. The molecule has 4 fully saturated rings. The molecule has 7 atom stereocenters. The Morgan fingerprint density at radius 3 is 1.92 bits per heavy atom. The molecule has 2 amide bonds. The van der Waals surface area contributed by atoms with Crippen molar-refractivity contribution < 1.29 is 42.9 Å². The molecule has 14 heteroatoms. The van der Waals surface area contributed by atoms with Crippen LogP contribution < -0.4 is 0 Å². The zero-order valence-electron chi connectivity index (χ0n) is 30.2. The third-order valence-corrected chi connectivity index (χ3v) is 17.6. The standard InChI is InChI=1S/C38H47NO9S4/c1-5-45-35(43)24-19-22-27-28(23-20-25(36(44)46-6-2)51-38(23,4)37(22,3)50-24)32-30-29(31(27)48-32)33(41)39(34(30)42)16-11-7-8-12-17-47-26(40)14-10-9-13-21-15-18-49-52-21/h19-21,29-32H,5-18H2,1-4H3. The number of unbranched alkanes of at least 4 members (excludes halogenated alkanes) is 4. The monoisotopic (exact) mass is 789 g/mol. The number of hydrogen-bond donors (Lipinski definition) is 0. The molecule has 0 aromatic carbocycles. The van der Waals surface area contributed by atoms with Gasteiger partial charge in [0.25, 0.3) is 0 Å². The molecule has 10 nitrogen and oxygen atoms in total. The van der Waals surface area contributed by atoms with Crippen molar-refractivity contribution in [1.29, 1.82) is 0 Å². The van der Waals surface area contributed by atoms with Crippen molar-refractivity contribution in [2.24, 2.45) is 11.8 Å². The third kappa shape index (κ3) is 6.53. The van der Waals surface area contributed by atoms with E-state index >= 15 is 0 Å². The van der Waals surface area contributed by atoms with Crippen molar-refractivity contribution in [3.8, 4) is 0 Å². The Hall–Kier alpha value is -2.13. The molecule has 0 aromatic rings. The molecule has 7 unspecified atom stereocenters. The number of thioether (sulfide) groups is 2. The van der Waals surface area contributed by atoms with E-state index in [1.165, 1.54) is 47.0 Å². The first kappa shape index (κ1) is 38.2. The molecular formula is C38H47NO9S4. The Kier molecular flexibility index (Phi) is 11.4. The van der Waals surface area contributed by atoms with Crippen LogP contribution in [0.2, 0.25) is 0 Å². The van der Waals surface area contributed by atoms with Crippen molar-refractivity contribution in [1.82, 2.24) is 4.90 Å². The first-order valence-electron chi connectivity index (χ1n) is 18.6. The quantitative estimate of drug-likeness (QED) is 0.0542. The van der Waals surface area contributed by atoms with Crippen LogP contribution >= 0.6 is 45.1 Å². The number of nitrogens with zero attached hydrogens (tertiary/aromatic N) is 1. The molecule has 0 radical (unpaired) electrons. The molecule has 7 rings (SSSR count). The number of fused-ring (bicyclic) bond motifs is 11. The number of hydrogen-bond acceptors (Lipinski definition) is 13. The summed E-state index contributed by atoms with van der Waals surface area (Å²) in [6, 6.07) is 0. The molecule has 282 valence electrons. The molecule has 0 spiro atoms. The molecule has 6 heterocycles. The minimum absolute atomic E-state index is 0.133. The van der Waals surface area contributed by atoms with Gasteiger partial charge in [-0.25, -0.2) is 9.59 Å². The minimum Gasteiger partial charge on any atom is -0.466 e. The number of imide groups is 1. The molecule has 2 bridgehead atoms. The number of amides is 2. The largest absolute Gasteiger partial charge is 0.466 e. The highest BCUT2D eigenvalue weighted by atomic mass is 33.1. The minimum atomic E-state index is -0.685. The molecule has 52 heavy (non-hydrogen) atoms. The van der Waals surface area contributed by atoms with Crippen LogP contribution in [-0.4, -0.2) is 93.7 Å². The Morgan fingerprint density at radius 1 is 0.808 bits per heavy atom. The molecule has 7 aliphatic rings. The lowest BCUT2D eigenvalue weighted by Gasteiger charge is -2.48.